The van der Waals surface area contributed by atoms with Crippen LogP contribution in [0.3, 0.4) is 0 Å². The van der Waals surface area contributed by atoms with E-state index in [4.69, 9.17) is 4.74 Å². The Balaban J connectivity index is 1.48. The van der Waals surface area contributed by atoms with Gasteiger partial charge in [0.25, 0.3) is 5.91 Å². The van der Waals surface area contributed by atoms with Crippen LogP contribution in [0.4, 0.5) is 4.39 Å². The van der Waals surface area contributed by atoms with Gasteiger partial charge in [-0.25, -0.2) is 4.39 Å². The van der Waals surface area contributed by atoms with Crippen molar-refractivity contribution < 1.29 is 18.7 Å². The number of nitrogens with zero attached hydrogens (tertiary/aromatic N) is 2. The monoisotopic (exact) mass is 381 g/mol. The smallest absolute Gasteiger partial charge is 0.258 e. The van der Waals surface area contributed by atoms with Gasteiger partial charge in [-0.15, -0.1) is 0 Å². The Morgan fingerprint density at radius 1 is 1.18 bits per heavy atom. The summed E-state index contributed by atoms with van der Waals surface area (Å²) >= 11 is 0. The summed E-state index contributed by atoms with van der Waals surface area (Å²) in [5, 5.41) is 0.908. The summed E-state index contributed by atoms with van der Waals surface area (Å²) in [5.41, 5.74) is 2.18. The maximum atomic E-state index is 13.0. The van der Waals surface area contributed by atoms with Crippen molar-refractivity contribution >= 4 is 22.7 Å². The second-order valence-electron chi connectivity index (χ2n) is 6.79. The molecule has 0 aliphatic carbocycles. The summed E-state index contributed by atoms with van der Waals surface area (Å²) < 4.78 is 18.4. The number of rotatable bonds is 4. The van der Waals surface area contributed by atoms with Crippen molar-refractivity contribution in [2.45, 2.75) is 6.54 Å². The first kappa shape index (κ1) is 18.0. The van der Waals surface area contributed by atoms with E-state index < -0.39 is 0 Å². The first-order chi connectivity index (χ1) is 13.5. The van der Waals surface area contributed by atoms with E-state index in [1.165, 1.54) is 19.2 Å². The van der Waals surface area contributed by atoms with Gasteiger partial charge in [-0.3, -0.25) is 9.59 Å². The number of piperazine rings is 1. The number of fused-ring (bicyclic) bond motifs is 1. The number of nitrogens with one attached hydrogen (secondary N) is 1. The molecule has 0 atom stereocenters. The summed E-state index contributed by atoms with van der Waals surface area (Å²) in [6.07, 6.45) is 1.80. The molecule has 2 aromatic carbocycles. The van der Waals surface area contributed by atoms with Crippen LogP contribution in [0.2, 0.25) is 0 Å². The fourth-order valence-corrected chi connectivity index (χ4v) is 3.45. The number of ether oxygens (including phenoxy) is 1. The second kappa shape index (κ2) is 7.34. The van der Waals surface area contributed by atoms with Crippen LogP contribution in [0.1, 0.15) is 15.9 Å². The minimum absolute atomic E-state index is 0.00829. The Morgan fingerprint density at radius 3 is 2.68 bits per heavy atom. The van der Waals surface area contributed by atoms with Gasteiger partial charge in [0, 0.05) is 42.8 Å². The van der Waals surface area contributed by atoms with E-state index in [-0.39, 0.29) is 24.2 Å². The van der Waals surface area contributed by atoms with Gasteiger partial charge in [0.1, 0.15) is 18.1 Å². The zero-order valence-electron chi connectivity index (χ0n) is 15.4. The Morgan fingerprint density at radius 2 is 1.96 bits per heavy atom. The molecule has 3 aromatic rings. The second-order valence-corrected chi connectivity index (χ2v) is 6.79. The van der Waals surface area contributed by atoms with Gasteiger partial charge in [0.2, 0.25) is 5.91 Å². The van der Waals surface area contributed by atoms with E-state index in [0.29, 0.717) is 30.9 Å². The maximum Gasteiger partial charge on any atom is 0.258 e. The number of methoxy groups -OCH3 is 1. The van der Waals surface area contributed by atoms with Crippen molar-refractivity contribution in [3.8, 4) is 5.75 Å². The molecule has 0 saturated carbocycles. The standard InChI is InChI=1S/C21H20FN3O3/c1-28-19-11-18-15(6-7-23-18)10-17(19)21(27)25-9-8-24(20(26)13-25)12-14-2-4-16(22)5-3-14/h2-7,10-11,23H,8-9,12-13H2,1H3. The highest BCUT2D eigenvalue weighted by Gasteiger charge is 2.29. The molecule has 1 saturated heterocycles. The van der Waals surface area contributed by atoms with Crippen LogP contribution in [0.5, 0.6) is 5.75 Å². The average Bonchev–Trinajstić information content (AvgIpc) is 3.17. The molecule has 144 valence electrons. The van der Waals surface area contributed by atoms with Crippen LogP contribution in [-0.4, -0.2) is 53.3 Å². The van der Waals surface area contributed by atoms with Crippen molar-refractivity contribution in [2.24, 2.45) is 0 Å². The Bertz CT molecular complexity index is 1030. The summed E-state index contributed by atoms with van der Waals surface area (Å²) in [5.74, 6) is -0.194. The zero-order valence-corrected chi connectivity index (χ0v) is 15.4. The topological polar surface area (TPSA) is 65.6 Å². The Kier molecular flexibility index (Phi) is 4.73. The molecule has 0 bridgehead atoms. The SMILES string of the molecule is COc1cc2[nH]ccc2cc1C(=O)N1CCN(Cc2ccc(F)cc2)C(=O)C1. The van der Waals surface area contributed by atoms with E-state index >= 15 is 0 Å². The van der Waals surface area contributed by atoms with Crippen molar-refractivity contribution in [3.63, 3.8) is 0 Å². The molecule has 1 aliphatic heterocycles. The fourth-order valence-electron chi connectivity index (χ4n) is 3.45. The Labute approximate surface area is 161 Å². The predicted molar refractivity (Wildman–Crippen MR) is 103 cm³/mol. The van der Waals surface area contributed by atoms with Gasteiger partial charge in [0.15, 0.2) is 0 Å². The molecular formula is C21H20FN3O3. The van der Waals surface area contributed by atoms with Crippen LogP contribution >= 0.6 is 0 Å². The number of benzene rings is 2. The number of aromatic nitrogens is 1. The van der Waals surface area contributed by atoms with E-state index in [1.54, 1.807) is 40.3 Å². The lowest BCUT2D eigenvalue weighted by molar-refractivity contribution is -0.135. The lowest BCUT2D eigenvalue weighted by Crippen LogP contribution is -2.51. The predicted octanol–water partition coefficient (Wildman–Crippen LogP) is 2.80. The van der Waals surface area contributed by atoms with Gasteiger partial charge >= 0.3 is 0 Å². The van der Waals surface area contributed by atoms with Crippen LogP contribution in [-0.2, 0) is 11.3 Å². The highest BCUT2D eigenvalue weighted by molar-refractivity contribution is 6.02. The number of amides is 2. The van der Waals surface area contributed by atoms with Crippen molar-refractivity contribution in [2.75, 3.05) is 26.7 Å². The van der Waals surface area contributed by atoms with Crippen LogP contribution in [0, 0.1) is 5.82 Å². The molecule has 28 heavy (non-hydrogen) atoms. The average molecular weight is 381 g/mol. The number of carbonyl (C=O) groups excluding carboxylic acids is 2. The number of hydrogen-bond acceptors (Lipinski definition) is 3. The molecule has 0 unspecified atom stereocenters. The quantitative estimate of drug-likeness (QED) is 0.756. The van der Waals surface area contributed by atoms with E-state index in [2.05, 4.69) is 4.98 Å². The van der Waals surface area contributed by atoms with Crippen LogP contribution in [0.25, 0.3) is 10.9 Å². The molecule has 6 nitrogen and oxygen atoms in total. The molecule has 0 radical (unpaired) electrons. The van der Waals surface area contributed by atoms with Crippen molar-refractivity contribution in [1.29, 1.82) is 0 Å². The third-order valence-electron chi connectivity index (χ3n) is 5.00. The third kappa shape index (κ3) is 3.43. The van der Waals surface area contributed by atoms with Crippen molar-refractivity contribution in [3.05, 3.63) is 65.6 Å². The van der Waals surface area contributed by atoms with E-state index in [1.807, 2.05) is 6.07 Å². The largest absolute Gasteiger partial charge is 0.496 e. The first-order valence-corrected chi connectivity index (χ1v) is 9.02. The fraction of sp³-hybridized carbons (Fsp3) is 0.238. The molecule has 4 rings (SSSR count). The van der Waals surface area contributed by atoms with Gasteiger partial charge in [-0.05, 0) is 29.8 Å². The number of halogens is 1. The third-order valence-corrected chi connectivity index (χ3v) is 5.00. The maximum absolute atomic E-state index is 13.0. The number of H-pyrrole nitrogens is 1. The van der Waals surface area contributed by atoms with E-state index in [0.717, 1.165) is 16.5 Å². The van der Waals surface area contributed by atoms with Crippen LogP contribution in [0.15, 0.2) is 48.7 Å². The van der Waals surface area contributed by atoms with Crippen molar-refractivity contribution in [1.82, 2.24) is 14.8 Å². The normalized spacial score (nSPS) is 14.6. The molecule has 1 N–H and O–H groups in total. The minimum Gasteiger partial charge on any atom is -0.496 e. The molecule has 0 spiro atoms. The highest BCUT2D eigenvalue weighted by atomic mass is 19.1. The molecular weight excluding hydrogens is 361 g/mol. The summed E-state index contributed by atoms with van der Waals surface area (Å²) in [7, 11) is 1.52. The first-order valence-electron chi connectivity index (χ1n) is 9.02. The molecule has 1 aromatic heterocycles. The summed E-state index contributed by atoms with van der Waals surface area (Å²) in [4.78, 5) is 31.9. The van der Waals surface area contributed by atoms with Crippen LogP contribution < -0.4 is 4.74 Å². The lowest BCUT2D eigenvalue weighted by atomic mass is 10.1. The number of hydrogen-bond donors (Lipinski definition) is 1. The molecule has 2 amide bonds. The molecule has 7 heteroatoms. The summed E-state index contributed by atoms with van der Waals surface area (Å²) in [6, 6.07) is 11.5. The molecule has 2 heterocycles. The minimum atomic E-state index is -0.307. The van der Waals surface area contributed by atoms with Gasteiger partial charge in [-0.1, -0.05) is 12.1 Å². The lowest BCUT2D eigenvalue weighted by Gasteiger charge is -2.34. The number of carbonyl (C=O) groups is 2. The highest BCUT2D eigenvalue weighted by Crippen LogP contribution is 2.27. The van der Waals surface area contributed by atoms with Gasteiger partial charge < -0.3 is 19.5 Å². The van der Waals surface area contributed by atoms with E-state index in [9.17, 15) is 14.0 Å². The van der Waals surface area contributed by atoms with Gasteiger partial charge in [-0.2, -0.15) is 0 Å². The van der Waals surface area contributed by atoms with Gasteiger partial charge in [0.05, 0.1) is 12.7 Å². The Hall–Kier alpha value is -3.35. The summed E-state index contributed by atoms with van der Waals surface area (Å²) in [6.45, 7) is 1.27. The zero-order chi connectivity index (χ0) is 19.7. The molecule has 1 fully saturated rings. The molecule has 1 aliphatic rings. The number of aromatic amines is 1.